The van der Waals surface area contributed by atoms with Crippen LogP contribution in [-0.2, 0) is 4.74 Å². The van der Waals surface area contributed by atoms with Crippen LogP contribution in [0.25, 0.3) is 11.3 Å². The second-order valence-electron chi connectivity index (χ2n) is 5.94. The van der Waals surface area contributed by atoms with Crippen molar-refractivity contribution < 1.29 is 18.7 Å². The fourth-order valence-electron chi connectivity index (χ4n) is 2.64. The van der Waals surface area contributed by atoms with Gasteiger partial charge in [0.15, 0.2) is 0 Å². The summed E-state index contributed by atoms with van der Waals surface area (Å²) >= 11 is 0. The summed E-state index contributed by atoms with van der Waals surface area (Å²) in [6.45, 7) is 3.74. The van der Waals surface area contributed by atoms with Gasteiger partial charge in [-0.2, -0.15) is 0 Å². The van der Waals surface area contributed by atoms with Crippen LogP contribution in [-0.4, -0.2) is 19.0 Å². The summed E-state index contributed by atoms with van der Waals surface area (Å²) in [6, 6.07) is 16.3. The van der Waals surface area contributed by atoms with Crippen molar-refractivity contribution in [3.05, 3.63) is 77.0 Å². The van der Waals surface area contributed by atoms with Gasteiger partial charge in [-0.1, -0.05) is 42.0 Å². The minimum Gasteiger partial charge on any atom is -0.465 e. The molecule has 1 aromatic heterocycles. The number of esters is 1. The highest BCUT2D eigenvalue weighted by atomic mass is 16.5. The molecule has 0 aliphatic carbocycles. The predicted octanol–water partition coefficient (Wildman–Crippen LogP) is 4.60. The maximum atomic E-state index is 12.7. The maximum absolute atomic E-state index is 12.7. The lowest BCUT2D eigenvalue weighted by atomic mass is 10.1. The van der Waals surface area contributed by atoms with E-state index in [1.54, 1.807) is 37.3 Å². The lowest BCUT2D eigenvalue weighted by Crippen LogP contribution is -2.15. The summed E-state index contributed by atoms with van der Waals surface area (Å²) in [5.74, 6) is 0.272. The number of benzene rings is 2. The summed E-state index contributed by atoms with van der Waals surface area (Å²) in [6.07, 6.45) is 0. The standard InChI is InChI=1S/C21H19NO4/c1-13-8-10-15(11-9-13)19-12-17(14(2)26-19)20(23)22-18-7-5-4-6-16(18)21(24)25-3/h4-12H,1-3H3,(H,22,23). The van der Waals surface area contributed by atoms with E-state index in [2.05, 4.69) is 5.32 Å². The Labute approximate surface area is 151 Å². The highest BCUT2D eigenvalue weighted by molar-refractivity contribution is 6.08. The fourth-order valence-corrected chi connectivity index (χ4v) is 2.64. The Morgan fingerprint density at radius 3 is 2.35 bits per heavy atom. The van der Waals surface area contributed by atoms with E-state index in [4.69, 9.17) is 9.15 Å². The van der Waals surface area contributed by atoms with Crippen molar-refractivity contribution in [3.63, 3.8) is 0 Å². The fraction of sp³-hybridized carbons (Fsp3) is 0.143. The number of carbonyl (C=O) groups excluding carboxylic acids is 2. The molecule has 26 heavy (non-hydrogen) atoms. The van der Waals surface area contributed by atoms with Crippen LogP contribution in [0.2, 0.25) is 0 Å². The van der Waals surface area contributed by atoms with Crippen molar-refractivity contribution >= 4 is 17.6 Å². The molecule has 0 bridgehead atoms. The van der Waals surface area contributed by atoms with Crippen molar-refractivity contribution in [2.45, 2.75) is 13.8 Å². The molecule has 0 unspecified atom stereocenters. The number of aryl methyl sites for hydroxylation is 2. The van der Waals surface area contributed by atoms with Crippen molar-refractivity contribution in [2.75, 3.05) is 12.4 Å². The zero-order chi connectivity index (χ0) is 18.7. The molecule has 2 aromatic carbocycles. The zero-order valence-corrected chi connectivity index (χ0v) is 14.8. The summed E-state index contributed by atoms with van der Waals surface area (Å²) < 4.78 is 10.5. The van der Waals surface area contributed by atoms with E-state index in [1.807, 2.05) is 31.2 Å². The summed E-state index contributed by atoms with van der Waals surface area (Å²) in [7, 11) is 1.30. The number of carbonyl (C=O) groups is 2. The van der Waals surface area contributed by atoms with Gasteiger partial charge in [0.2, 0.25) is 0 Å². The van der Waals surface area contributed by atoms with E-state index in [1.165, 1.54) is 7.11 Å². The smallest absolute Gasteiger partial charge is 0.339 e. The van der Waals surface area contributed by atoms with E-state index >= 15 is 0 Å². The first-order valence-corrected chi connectivity index (χ1v) is 8.15. The molecule has 1 amide bonds. The average molecular weight is 349 g/mol. The van der Waals surface area contributed by atoms with Gasteiger partial charge in [-0.05, 0) is 32.0 Å². The minimum absolute atomic E-state index is 0.295. The molecular formula is C21H19NO4. The first-order valence-electron chi connectivity index (χ1n) is 8.15. The highest BCUT2D eigenvalue weighted by Gasteiger charge is 2.19. The van der Waals surface area contributed by atoms with Crippen LogP contribution in [0.4, 0.5) is 5.69 Å². The number of hydrogen-bond donors (Lipinski definition) is 1. The molecular weight excluding hydrogens is 330 g/mol. The molecule has 0 saturated heterocycles. The van der Waals surface area contributed by atoms with E-state index in [9.17, 15) is 9.59 Å². The molecule has 3 aromatic rings. The Hall–Kier alpha value is -3.34. The molecule has 5 nitrogen and oxygen atoms in total. The van der Waals surface area contributed by atoms with Crippen LogP contribution in [0, 0.1) is 13.8 Å². The number of amides is 1. The minimum atomic E-state index is -0.509. The summed E-state index contributed by atoms with van der Waals surface area (Å²) in [5.41, 5.74) is 3.15. The lowest BCUT2D eigenvalue weighted by molar-refractivity contribution is 0.0602. The van der Waals surface area contributed by atoms with Crippen LogP contribution in [0.1, 0.15) is 32.0 Å². The number of rotatable bonds is 4. The van der Waals surface area contributed by atoms with Gasteiger partial charge in [-0.15, -0.1) is 0 Å². The van der Waals surface area contributed by atoms with Crippen LogP contribution in [0.3, 0.4) is 0 Å². The Balaban J connectivity index is 1.88. The molecule has 0 spiro atoms. The van der Waals surface area contributed by atoms with Gasteiger partial charge in [0.1, 0.15) is 11.5 Å². The number of hydrogen-bond acceptors (Lipinski definition) is 4. The van der Waals surface area contributed by atoms with Gasteiger partial charge in [0.05, 0.1) is 23.9 Å². The second kappa shape index (κ2) is 7.27. The number of furan rings is 1. The Morgan fingerprint density at radius 1 is 0.962 bits per heavy atom. The molecule has 0 fully saturated rings. The number of para-hydroxylation sites is 1. The van der Waals surface area contributed by atoms with Gasteiger partial charge < -0.3 is 14.5 Å². The summed E-state index contributed by atoms with van der Waals surface area (Å²) in [4.78, 5) is 24.5. The van der Waals surface area contributed by atoms with Gasteiger partial charge in [-0.25, -0.2) is 4.79 Å². The average Bonchev–Trinajstić information content (AvgIpc) is 3.04. The molecule has 0 atom stereocenters. The molecule has 132 valence electrons. The van der Waals surface area contributed by atoms with Gasteiger partial charge >= 0.3 is 5.97 Å². The van der Waals surface area contributed by atoms with Crippen LogP contribution in [0.5, 0.6) is 0 Å². The molecule has 1 heterocycles. The van der Waals surface area contributed by atoms with Crippen LogP contribution in [0.15, 0.2) is 59.0 Å². The molecule has 0 aliphatic heterocycles. The van der Waals surface area contributed by atoms with Crippen molar-refractivity contribution in [3.8, 4) is 11.3 Å². The third-order valence-electron chi connectivity index (χ3n) is 4.08. The molecule has 0 saturated carbocycles. The Morgan fingerprint density at radius 2 is 1.65 bits per heavy atom. The van der Waals surface area contributed by atoms with Crippen molar-refractivity contribution in [1.29, 1.82) is 0 Å². The number of nitrogens with one attached hydrogen (secondary N) is 1. The molecule has 0 aliphatic rings. The normalized spacial score (nSPS) is 10.4. The number of methoxy groups -OCH3 is 1. The predicted molar refractivity (Wildman–Crippen MR) is 99.4 cm³/mol. The number of anilines is 1. The van der Waals surface area contributed by atoms with Gasteiger partial charge in [-0.3, -0.25) is 4.79 Å². The lowest BCUT2D eigenvalue weighted by Gasteiger charge is -2.08. The topological polar surface area (TPSA) is 68.5 Å². The maximum Gasteiger partial charge on any atom is 0.339 e. The van der Waals surface area contributed by atoms with E-state index in [0.29, 0.717) is 28.3 Å². The quantitative estimate of drug-likeness (QED) is 0.699. The highest BCUT2D eigenvalue weighted by Crippen LogP contribution is 2.27. The first-order chi connectivity index (χ1) is 12.5. The third kappa shape index (κ3) is 3.52. The Bertz CT molecular complexity index is 954. The zero-order valence-electron chi connectivity index (χ0n) is 14.8. The van der Waals surface area contributed by atoms with Crippen molar-refractivity contribution in [2.24, 2.45) is 0 Å². The number of ether oxygens (including phenoxy) is 1. The Kier molecular flexibility index (Phi) is 4.89. The summed E-state index contributed by atoms with van der Waals surface area (Å²) in [5, 5.41) is 2.76. The van der Waals surface area contributed by atoms with E-state index in [0.717, 1.165) is 11.1 Å². The SMILES string of the molecule is COC(=O)c1ccccc1NC(=O)c1cc(-c2ccc(C)cc2)oc1C. The second-order valence-corrected chi connectivity index (χ2v) is 5.94. The van der Waals surface area contributed by atoms with Crippen LogP contribution < -0.4 is 5.32 Å². The van der Waals surface area contributed by atoms with Gasteiger partial charge in [0, 0.05) is 5.56 Å². The van der Waals surface area contributed by atoms with Gasteiger partial charge in [0.25, 0.3) is 5.91 Å². The largest absolute Gasteiger partial charge is 0.465 e. The molecule has 0 radical (unpaired) electrons. The van der Waals surface area contributed by atoms with Crippen LogP contribution >= 0.6 is 0 Å². The molecule has 1 N–H and O–H groups in total. The van der Waals surface area contributed by atoms with E-state index in [-0.39, 0.29) is 5.91 Å². The van der Waals surface area contributed by atoms with E-state index < -0.39 is 5.97 Å². The first kappa shape index (κ1) is 17.5. The molecule has 5 heteroatoms. The molecule has 3 rings (SSSR count). The third-order valence-corrected chi connectivity index (χ3v) is 4.08. The monoisotopic (exact) mass is 349 g/mol. The van der Waals surface area contributed by atoms with Crippen molar-refractivity contribution in [1.82, 2.24) is 0 Å².